The van der Waals surface area contributed by atoms with Crippen molar-refractivity contribution in [3.05, 3.63) is 77.6 Å². The molecule has 0 bridgehead atoms. The minimum Gasteiger partial charge on any atom is -0.449 e. The highest BCUT2D eigenvalue weighted by molar-refractivity contribution is 5.89. The van der Waals surface area contributed by atoms with Crippen molar-refractivity contribution in [1.29, 1.82) is 0 Å². The monoisotopic (exact) mass is 320 g/mol. The van der Waals surface area contributed by atoms with Gasteiger partial charge in [-0.15, -0.1) is 0 Å². The third-order valence-corrected chi connectivity index (χ3v) is 3.86. The Bertz CT molecular complexity index is 845. The Balaban J connectivity index is 1.84. The molecule has 3 rings (SSSR count). The van der Waals surface area contributed by atoms with E-state index < -0.39 is 5.97 Å². The van der Waals surface area contributed by atoms with Crippen molar-refractivity contribution >= 4 is 5.97 Å². The van der Waals surface area contributed by atoms with Crippen LogP contribution in [0.2, 0.25) is 0 Å². The molecule has 3 heteroatoms. The lowest BCUT2D eigenvalue weighted by molar-refractivity contribution is 0.0700. The zero-order valence-corrected chi connectivity index (χ0v) is 14.1. The number of esters is 1. The lowest BCUT2D eigenvalue weighted by Crippen LogP contribution is -2.09. The smallest absolute Gasteiger partial charge is 0.379 e. The predicted molar refractivity (Wildman–Crippen MR) is 94.4 cm³/mol. The van der Waals surface area contributed by atoms with Gasteiger partial charge in [0.05, 0.1) is 0 Å². The molecule has 0 N–H and O–H groups in total. The summed E-state index contributed by atoms with van der Waals surface area (Å²) in [6.45, 7) is 6.12. The number of hydrogen-bond donors (Lipinski definition) is 0. The van der Waals surface area contributed by atoms with Crippen molar-refractivity contribution in [3.63, 3.8) is 0 Å². The molecule has 3 aromatic rings. The molecule has 0 fully saturated rings. The summed E-state index contributed by atoms with van der Waals surface area (Å²) in [6, 6.07) is 19.0. The molecule has 3 nitrogen and oxygen atoms in total. The van der Waals surface area contributed by atoms with Gasteiger partial charge >= 0.3 is 5.97 Å². The summed E-state index contributed by atoms with van der Waals surface area (Å²) in [5.41, 5.74) is 2.98. The second-order valence-electron chi connectivity index (χ2n) is 6.12. The summed E-state index contributed by atoms with van der Waals surface area (Å²) in [6.07, 6.45) is 0. The minimum atomic E-state index is -0.482. The van der Waals surface area contributed by atoms with E-state index in [9.17, 15) is 4.79 Å². The summed E-state index contributed by atoms with van der Waals surface area (Å²) >= 11 is 0. The number of ether oxygens (including phenoxy) is 1. The zero-order valence-electron chi connectivity index (χ0n) is 14.1. The fourth-order valence-electron chi connectivity index (χ4n) is 2.56. The van der Waals surface area contributed by atoms with E-state index in [0.717, 1.165) is 16.7 Å². The number of aryl methyl sites for hydroxylation is 1. The van der Waals surface area contributed by atoms with Crippen LogP contribution < -0.4 is 4.74 Å². The Kier molecular flexibility index (Phi) is 4.52. The van der Waals surface area contributed by atoms with E-state index >= 15 is 0 Å². The fraction of sp³-hybridized carbons (Fsp3) is 0.190. The molecule has 0 aliphatic heterocycles. The fourth-order valence-corrected chi connectivity index (χ4v) is 2.56. The third kappa shape index (κ3) is 3.40. The maximum atomic E-state index is 12.4. The van der Waals surface area contributed by atoms with E-state index in [1.807, 2.05) is 55.5 Å². The van der Waals surface area contributed by atoms with E-state index in [-0.39, 0.29) is 11.7 Å². The van der Waals surface area contributed by atoms with Crippen LogP contribution >= 0.6 is 0 Å². The highest BCUT2D eigenvalue weighted by atomic mass is 16.5. The van der Waals surface area contributed by atoms with Gasteiger partial charge in [0.1, 0.15) is 11.5 Å². The molecule has 0 amide bonds. The van der Waals surface area contributed by atoms with Gasteiger partial charge in [-0.25, -0.2) is 4.79 Å². The number of carbonyl (C=O) groups is 1. The Morgan fingerprint density at radius 1 is 1.00 bits per heavy atom. The van der Waals surface area contributed by atoms with Crippen LogP contribution in [0.3, 0.4) is 0 Å². The van der Waals surface area contributed by atoms with Crippen LogP contribution in [0.1, 0.15) is 41.4 Å². The van der Waals surface area contributed by atoms with E-state index in [1.54, 1.807) is 12.1 Å². The van der Waals surface area contributed by atoms with Crippen LogP contribution in [0.5, 0.6) is 5.75 Å². The molecule has 0 saturated heterocycles. The van der Waals surface area contributed by atoms with Crippen LogP contribution in [-0.2, 0) is 0 Å². The average molecular weight is 320 g/mol. The van der Waals surface area contributed by atoms with E-state index in [1.165, 1.54) is 0 Å². The van der Waals surface area contributed by atoms with Crippen molar-refractivity contribution in [3.8, 4) is 17.1 Å². The van der Waals surface area contributed by atoms with Crippen LogP contribution in [0.25, 0.3) is 11.3 Å². The van der Waals surface area contributed by atoms with E-state index in [4.69, 9.17) is 9.15 Å². The molecule has 0 aliphatic rings. The van der Waals surface area contributed by atoms with Crippen LogP contribution in [-0.4, -0.2) is 5.97 Å². The van der Waals surface area contributed by atoms with Crippen molar-refractivity contribution in [2.75, 3.05) is 0 Å². The molecular weight excluding hydrogens is 300 g/mol. The van der Waals surface area contributed by atoms with Crippen LogP contribution in [0, 0.1) is 6.92 Å². The maximum Gasteiger partial charge on any atom is 0.379 e. The van der Waals surface area contributed by atoms with Gasteiger partial charge in [-0.3, -0.25) is 0 Å². The number of hydrogen-bond acceptors (Lipinski definition) is 3. The highest BCUT2D eigenvalue weighted by Gasteiger charge is 2.17. The summed E-state index contributed by atoms with van der Waals surface area (Å²) in [4.78, 5) is 12.4. The lowest BCUT2D eigenvalue weighted by atomic mass is 10.0. The molecule has 24 heavy (non-hydrogen) atoms. The van der Waals surface area contributed by atoms with Gasteiger partial charge in [0.15, 0.2) is 0 Å². The van der Waals surface area contributed by atoms with Crippen molar-refractivity contribution in [1.82, 2.24) is 0 Å². The molecule has 0 unspecified atom stereocenters. The minimum absolute atomic E-state index is 0.199. The van der Waals surface area contributed by atoms with Gasteiger partial charge in [-0.1, -0.05) is 56.3 Å². The molecule has 0 radical (unpaired) electrons. The second kappa shape index (κ2) is 6.75. The lowest BCUT2D eigenvalue weighted by Gasteiger charge is -2.13. The van der Waals surface area contributed by atoms with Crippen LogP contribution in [0.15, 0.2) is 65.1 Å². The summed E-state index contributed by atoms with van der Waals surface area (Å²) in [5.74, 6) is 1.23. The Morgan fingerprint density at radius 2 is 1.75 bits per heavy atom. The SMILES string of the molecule is Cc1ccc(C(C)C)c(OC(=O)c2ccc(-c3ccccc3)o2)c1. The first kappa shape index (κ1) is 16.1. The first-order valence-electron chi connectivity index (χ1n) is 8.02. The maximum absolute atomic E-state index is 12.4. The van der Waals surface area contributed by atoms with Gasteiger partial charge < -0.3 is 9.15 Å². The normalized spacial score (nSPS) is 10.8. The zero-order chi connectivity index (χ0) is 17.1. The molecule has 0 atom stereocenters. The van der Waals surface area contributed by atoms with Gasteiger partial charge in [0, 0.05) is 5.56 Å². The van der Waals surface area contributed by atoms with E-state index in [0.29, 0.717) is 11.5 Å². The van der Waals surface area contributed by atoms with Gasteiger partial charge in [0.2, 0.25) is 5.76 Å². The summed E-state index contributed by atoms with van der Waals surface area (Å²) < 4.78 is 11.2. The largest absolute Gasteiger partial charge is 0.449 e. The number of furan rings is 1. The molecule has 2 aromatic carbocycles. The first-order chi connectivity index (χ1) is 11.5. The Morgan fingerprint density at radius 3 is 2.46 bits per heavy atom. The molecule has 1 aromatic heterocycles. The summed E-state index contributed by atoms with van der Waals surface area (Å²) in [5, 5.41) is 0. The number of benzene rings is 2. The quantitative estimate of drug-likeness (QED) is 0.464. The van der Waals surface area contributed by atoms with Gasteiger partial charge in [-0.2, -0.15) is 0 Å². The Hall–Kier alpha value is -2.81. The topological polar surface area (TPSA) is 39.4 Å². The first-order valence-corrected chi connectivity index (χ1v) is 8.02. The molecule has 0 spiro atoms. The third-order valence-electron chi connectivity index (χ3n) is 3.86. The van der Waals surface area contributed by atoms with Crippen molar-refractivity contribution < 1.29 is 13.9 Å². The highest BCUT2D eigenvalue weighted by Crippen LogP contribution is 2.29. The number of carbonyl (C=O) groups excluding carboxylic acids is 1. The predicted octanol–water partition coefficient (Wildman–Crippen LogP) is 5.60. The van der Waals surface area contributed by atoms with E-state index in [2.05, 4.69) is 13.8 Å². The second-order valence-corrected chi connectivity index (χ2v) is 6.12. The van der Waals surface area contributed by atoms with Gasteiger partial charge in [-0.05, 0) is 42.2 Å². The Labute approximate surface area is 141 Å². The van der Waals surface area contributed by atoms with Crippen molar-refractivity contribution in [2.45, 2.75) is 26.7 Å². The molecule has 0 aliphatic carbocycles. The number of rotatable bonds is 4. The average Bonchev–Trinajstić information content (AvgIpc) is 3.05. The van der Waals surface area contributed by atoms with Crippen LogP contribution in [0.4, 0.5) is 0 Å². The molecule has 122 valence electrons. The van der Waals surface area contributed by atoms with Crippen molar-refractivity contribution in [2.24, 2.45) is 0 Å². The molecular formula is C21H20O3. The molecule has 0 saturated carbocycles. The van der Waals surface area contributed by atoms with Gasteiger partial charge in [0.25, 0.3) is 0 Å². The summed E-state index contributed by atoms with van der Waals surface area (Å²) in [7, 11) is 0. The molecule has 1 heterocycles. The standard InChI is InChI=1S/C21H20O3/c1-14(2)17-10-9-15(3)13-20(17)24-21(22)19-12-11-18(23-19)16-7-5-4-6-8-16/h4-14H,1-3H3.